The first-order chi connectivity index (χ1) is 14.6. The summed E-state index contributed by atoms with van der Waals surface area (Å²) in [6.07, 6.45) is 0. The molecule has 1 heterocycles. The number of nitrogens with zero attached hydrogens (tertiary/aromatic N) is 3. The van der Waals surface area contributed by atoms with Crippen LogP contribution in [-0.2, 0) is 0 Å². The van der Waals surface area contributed by atoms with E-state index < -0.39 is 0 Å². The number of nitro benzene ring substituents is 1. The Balaban J connectivity index is 1.58. The van der Waals surface area contributed by atoms with Crippen LogP contribution in [0.2, 0.25) is 0 Å². The van der Waals surface area contributed by atoms with Gasteiger partial charge in [-0.15, -0.1) is 0 Å². The average molecular weight is 416 g/mol. The van der Waals surface area contributed by atoms with Gasteiger partial charge in [0.05, 0.1) is 18.6 Å². The number of rotatable bonds is 10. The Bertz CT molecular complexity index is 823. The molecule has 3 rings (SSSR count). The van der Waals surface area contributed by atoms with Gasteiger partial charge in [-0.3, -0.25) is 15.0 Å². The van der Waals surface area contributed by atoms with Crippen molar-refractivity contribution < 1.29 is 19.5 Å². The first-order valence-corrected chi connectivity index (χ1v) is 9.98. The van der Waals surface area contributed by atoms with E-state index >= 15 is 0 Å². The third-order valence-corrected chi connectivity index (χ3v) is 5.08. The highest BCUT2D eigenvalue weighted by Gasteiger charge is 2.20. The SMILES string of the molecule is COc1ccc(OCCNc2cc(N3CCN(CCO)CC3)ccc2[N+](=O)[O-])cc1. The van der Waals surface area contributed by atoms with Gasteiger partial charge in [0.15, 0.2) is 0 Å². The fraction of sp³-hybridized carbons (Fsp3) is 0.429. The van der Waals surface area contributed by atoms with Crippen LogP contribution in [0.25, 0.3) is 0 Å². The molecule has 0 atom stereocenters. The van der Waals surface area contributed by atoms with Gasteiger partial charge < -0.3 is 24.8 Å². The Morgan fingerprint density at radius 1 is 1.10 bits per heavy atom. The molecule has 0 unspecified atom stereocenters. The van der Waals surface area contributed by atoms with Gasteiger partial charge in [-0.25, -0.2) is 0 Å². The molecular weight excluding hydrogens is 388 g/mol. The van der Waals surface area contributed by atoms with Gasteiger partial charge in [-0.2, -0.15) is 0 Å². The molecule has 162 valence electrons. The molecule has 1 fully saturated rings. The number of methoxy groups -OCH3 is 1. The number of nitrogens with one attached hydrogen (secondary N) is 1. The molecule has 0 saturated carbocycles. The van der Waals surface area contributed by atoms with Crippen molar-refractivity contribution in [2.45, 2.75) is 0 Å². The number of aliphatic hydroxyl groups excluding tert-OH is 1. The lowest BCUT2D eigenvalue weighted by Gasteiger charge is -2.35. The predicted octanol–water partition coefficient (Wildman–Crippen LogP) is 2.21. The second kappa shape index (κ2) is 10.7. The first-order valence-electron chi connectivity index (χ1n) is 9.98. The minimum absolute atomic E-state index is 0.0436. The monoisotopic (exact) mass is 416 g/mol. The Morgan fingerprint density at radius 3 is 2.43 bits per heavy atom. The molecular formula is C21H28N4O5. The molecule has 1 aliphatic rings. The van der Waals surface area contributed by atoms with E-state index in [9.17, 15) is 10.1 Å². The number of ether oxygens (including phenoxy) is 2. The molecule has 30 heavy (non-hydrogen) atoms. The highest BCUT2D eigenvalue weighted by atomic mass is 16.6. The molecule has 0 spiro atoms. The van der Waals surface area contributed by atoms with Crippen LogP contribution in [0.15, 0.2) is 42.5 Å². The quantitative estimate of drug-likeness (QED) is 0.345. The number of hydrogen-bond donors (Lipinski definition) is 2. The maximum absolute atomic E-state index is 11.4. The summed E-state index contributed by atoms with van der Waals surface area (Å²) in [5.74, 6) is 1.46. The van der Waals surface area contributed by atoms with Crippen LogP contribution in [0.4, 0.5) is 17.1 Å². The Labute approximate surface area is 176 Å². The molecule has 1 saturated heterocycles. The zero-order chi connectivity index (χ0) is 21.3. The van der Waals surface area contributed by atoms with Crippen molar-refractivity contribution >= 4 is 17.1 Å². The van der Waals surface area contributed by atoms with Gasteiger partial charge in [-0.1, -0.05) is 0 Å². The minimum Gasteiger partial charge on any atom is -0.497 e. The molecule has 1 aliphatic heterocycles. The Morgan fingerprint density at radius 2 is 1.80 bits per heavy atom. The van der Waals surface area contributed by atoms with Crippen molar-refractivity contribution in [1.82, 2.24) is 4.90 Å². The van der Waals surface area contributed by atoms with Gasteiger partial charge in [0.1, 0.15) is 23.8 Å². The van der Waals surface area contributed by atoms with E-state index in [1.165, 1.54) is 0 Å². The van der Waals surface area contributed by atoms with Crippen LogP contribution in [0.5, 0.6) is 11.5 Å². The smallest absolute Gasteiger partial charge is 0.292 e. The zero-order valence-corrected chi connectivity index (χ0v) is 17.1. The van der Waals surface area contributed by atoms with Crippen LogP contribution in [0.3, 0.4) is 0 Å². The van der Waals surface area contributed by atoms with E-state index in [4.69, 9.17) is 14.6 Å². The lowest BCUT2D eigenvalue weighted by atomic mass is 10.2. The molecule has 2 aromatic carbocycles. The van der Waals surface area contributed by atoms with Crippen LogP contribution in [0.1, 0.15) is 0 Å². The number of anilines is 2. The van der Waals surface area contributed by atoms with Crippen LogP contribution in [0, 0.1) is 10.1 Å². The number of piperazine rings is 1. The normalized spacial score (nSPS) is 14.4. The van der Waals surface area contributed by atoms with Gasteiger partial charge in [0, 0.05) is 51.0 Å². The Kier molecular flexibility index (Phi) is 7.69. The number of benzene rings is 2. The lowest BCUT2D eigenvalue weighted by Crippen LogP contribution is -2.47. The third kappa shape index (κ3) is 5.74. The van der Waals surface area contributed by atoms with Crippen LogP contribution in [-0.4, -0.2) is 74.5 Å². The minimum atomic E-state index is -0.379. The molecule has 0 radical (unpaired) electrons. The van der Waals surface area contributed by atoms with Crippen LogP contribution < -0.4 is 19.7 Å². The van der Waals surface area contributed by atoms with Crippen molar-refractivity contribution in [3.8, 4) is 11.5 Å². The summed E-state index contributed by atoms with van der Waals surface area (Å²) in [7, 11) is 1.61. The highest BCUT2D eigenvalue weighted by Crippen LogP contribution is 2.30. The summed E-state index contributed by atoms with van der Waals surface area (Å²) in [6.45, 7) is 4.98. The van der Waals surface area contributed by atoms with Gasteiger partial charge in [0.2, 0.25) is 0 Å². The van der Waals surface area contributed by atoms with Crippen LogP contribution >= 0.6 is 0 Å². The van der Waals surface area contributed by atoms with E-state index in [2.05, 4.69) is 15.1 Å². The largest absolute Gasteiger partial charge is 0.497 e. The first kappa shape index (κ1) is 21.7. The molecule has 9 nitrogen and oxygen atoms in total. The van der Waals surface area contributed by atoms with E-state index in [1.54, 1.807) is 19.2 Å². The molecule has 0 aromatic heterocycles. The second-order valence-electron chi connectivity index (χ2n) is 6.96. The topological polar surface area (TPSA) is 100 Å². The lowest BCUT2D eigenvalue weighted by molar-refractivity contribution is -0.383. The zero-order valence-electron chi connectivity index (χ0n) is 17.1. The summed E-state index contributed by atoms with van der Waals surface area (Å²) < 4.78 is 10.8. The van der Waals surface area contributed by atoms with Gasteiger partial charge >= 0.3 is 0 Å². The molecule has 2 N–H and O–H groups in total. The summed E-state index contributed by atoms with van der Waals surface area (Å²) >= 11 is 0. The highest BCUT2D eigenvalue weighted by molar-refractivity contribution is 5.69. The Hall–Kier alpha value is -3.04. The molecule has 9 heteroatoms. The van der Waals surface area contributed by atoms with Crippen molar-refractivity contribution in [3.05, 3.63) is 52.6 Å². The fourth-order valence-electron chi connectivity index (χ4n) is 3.42. The number of nitro groups is 1. The van der Waals surface area contributed by atoms with E-state index in [0.29, 0.717) is 31.1 Å². The summed E-state index contributed by atoms with van der Waals surface area (Å²) in [5.41, 5.74) is 1.47. The number of aliphatic hydroxyl groups is 1. The summed E-state index contributed by atoms with van der Waals surface area (Å²) in [4.78, 5) is 15.4. The molecule has 0 amide bonds. The van der Waals surface area contributed by atoms with Gasteiger partial charge in [-0.05, 0) is 36.4 Å². The number of β-amino-alcohol motifs (C(OH)–C–C–N with tert-alkyl or cyclic N) is 1. The second-order valence-corrected chi connectivity index (χ2v) is 6.96. The van der Waals surface area contributed by atoms with Crippen molar-refractivity contribution in [1.29, 1.82) is 0 Å². The van der Waals surface area contributed by atoms with E-state index in [1.807, 2.05) is 30.3 Å². The van der Waals surface area contributed by atoms with Crippen molar-refractivity contribution in [2.24, 2.45) is 0 Å². The van der Waals surface area contributed by atoms with Crippen molar-refractivity contribution in [2.75, 3.05) is 69.8 Å². The molecule has 0 bridgehead atoms. The van der Waals surface area contributed by atoms with E-state index in [-0.39, 0.29) is 17.2 Å². The standard InChI is InChI=1S/C21H28N4O5/c1-29-18-3-5-19(6-4-18)30-15-8-22-20-16-17(2-7-21(20)25(27)28)24-11-9-23(10-12-24)13-14-26/h2-7,16,22,26H,8-15H2,1H3. The maximum Gasteiger partial charge on any atom is 0.292 e. The third-order valence-electron chi connectivity index (χ3n) is 5.08. The van der Waals surface area contributed by atoms with Crippen molar-refractivity contribution in [3.63, 3.8) is 0 Å². The maximum atomic E-state index is 11.4. The fourth-order valence-corrected chi connectivity index (χ4v) is 3.42. The predicted molar refractivity (Wildman–Crippen MR) is 116 cm³/mol. The average Bonchev–Trinajstić information content (AvgIpc) is 2.77. The van der Waals surface area contributed by atoms with Gasteiger partial charge in [0.25, 0.3) is 5.69 Å². The molecule has 0 aliphatic carbocycles. The van der Waals surface area contributed by atoms with E-state index in [0.717, 1.165) is 37.6 Å². The summed E-state index contributed by atoms with van der Waals surface area (Å²) in [6, 6.07) is 12.4. The molecule has 2 aromatic rings. The number of hydrogen-bond acceptors (Lipinski definition) is 8. The summed E-state index contributed by atoms with van der Waals surface area (Å²) in [5, 5.41) is 23.6.